The maximum Gasteiger partial charge on any atom is 0.238 e. The fourth-order valence-corrected chi connectivity index (χ4v) is 3.68. The van der Waals surface area contributed by atoms with Crippen LogP contribution in [0.3, 0.4) is 0 Å². The summed E-state index contributed by atoms with van der Waals surface area (Å²) in [6.07, 6.45) is 0.694. The summed E-state index contributed by atoms with van der Waals surface area (Å²) in [5.74, 6) is 0.409. The molecule has 1 aromatic rings. The van der Waals surface area contributed by atoms with Crippen LogP contribution in [0.5, 0.6) is 0 Å². The third kappa shape index (κ3) is 3.13. The minimum atomic E-state index is -0.559. The van der Waals surface area contributed by atoms with Crippen LogP contribution in [0.4, 0.5) is 14.5 Å². The van der Waals surface area contributed by atoms with Gasteiger partial charge in [-0.1, -0.05) is 6.07 Å². The number of thioether (sulfide) groups is 1. The largest absolute Gasteiger partial charge is 0.365 e. The molecule has 2 saturated heterocycles. The van der Waals surface area contributed by atoms with E-state index in [0.29, 0.717) is 19.5 Å². The summed E-state index contributed by atoms with van der Waals surface area (Å²) < 4.78 is 27.5. The summed E-state index contributed by atoms with van der Waals surface area (Å²) in [6, 6.07) is 3.64. The summed E-state index contributed by atoms with van der Waals surface area (Å²) in [5, 5.41) is 6.07. The predicted octanol–water partition coefficient (Wildman–Crippen LogP) is 1.32. The summed E-state index contributed by atoms with van der Waals surface area (Å²) in [4.78, 5) is 13.7. The number of amides is 1. The molecule has 2 atom stereocenters. The Bertz CT molecular complexity index is 517. The molecule has 0 bridgehead atoms. The van der Waals surface area contributed by atoms with Gasteiger partial charge in [-0.2, -0.15) is 0 Å². The molecule has 0 aliphatic carbocycles. The standard InChI is InChI=1S/C14H17F2N3OS/c15-10-2-1-3-11(16)13(10)19-5-4-9(6-19)18-14(20)12-7-21-8-17-12/h1-3,9,12,17H,4-8H2,(H,18,20). The number of nitrogens with zero attached hydrogens (tertiary/aromatic N) is 1. The fourth-order valence-electron chi connectivity index (χ4n) is 2.74. The molecular formula is C14H17F2N3OS. The van der Waals surface area contributed by atoms with Gasteiger partial charge in [0.2, 0.25) is 5.91 Å². The first-order valence-electron chi connectivity index (χ1n) is 6.95. The van der Waals surface area contributed by atoms with E-state index < -0.39 is 11.6 Å². The zero-order valence-corrected chi connectivity index (χ0v) is 12.3. The van der Waals surface area contributed by atoms with Crippen molar-refractivity contribution in [3.05, 3.63) is 29.8 Å². The number of halogens is 2. The lowest BCUT2D eigenvalue weighted by atomic mass is 10.2. The molecule has 2 aliphatic heterocycles. The number of carbonyl (C=O) groups is 1. The van der Waals surface area contributed by atoms with Crippen molar-refractivity contribution in [2.75, 3.05) is 29.6 Å². The SMILES string of the molecule is O=C(NC1CCN(c2c(F)cccc2F)C1)C1CSCN1. The molecular weight excluding hydrogens is 296 g/mol. The van der Waals surface area contributed by atoms with E-state index in [0.717, 1.165) is 11.6 Å². The monoisotopic (exact) mass is 313 g/mol. The second kappa shape index (κ2) is 6.19. The Balaban J connectivity index is 1.61. The van der Waals surface area contributed by atoms with Gasteiger partial charge in [-0.05, 0) is 18.6 Å². The third-order valence-electron chi connectivity index (χ3n) is 3.82. The number of hydrogen-bond acceptors (Lipinski definition) is 4. The normalized spacial score (nSPS) is 25.3. The molecule has 114 valence electrons. The van der Waals surface area contributed by atoms with Crippen LogP contribution in [0.15, 0.2) is 18.2 Å². The smallest absolute Gasteiger partial charge is 0.238 e. The average Bonchev–Trinajstić information content (AvgIpc) is 3.10. The average molecular weight is 313 g/mol. The molecule has 21 heavy (non-hydrogen) atoms. The van der Waals surface area contributed by atoms with Gasteiger partial charge in [0.15, 0.2) is 0 Å². The molecule has 2 aliphatic rings. The van der Waals surface area contributed by atoms with E-state index in [1.165, 1.54) is 18.2 Å². The molecule has 1 amide bonds. The Kier molecular flexibility index (Phi) is 4.30. The van der Waals surface area contributed by atoms with Crippen molar-refractivity contribution in [2.24, 2.45) is 0 Å². The molecule has 2 fully saturated rings. The summed E-state index contributed by atoms with van der Waals surface area (Å²) in [5.41, 5.74) is 0.00351. The number of benzene rings is 1. The highest BCUT2D eigenvalue weighted by Crippen LogP contribution is 2.26. The maximum absolute atomic E-state index is 13.8. The van der Waals surface area contributed by atoms with E-state index >= 15 is 0 Å². The first-order valence-corrected chi connectivity index (χ1v) is 8.11. The minimum Gasteiger partial charge on any atom is -0.365 e. The Morgan fingerprint density at radius 3 is 2.81 bits per heavy atom. The quantitative estimate of drug-likeness (QED) is 0.883. The van der Waals surface area contributed by atoms with Gasteiger partial charge >= 0.3 is 0 Å². The number of nitrogens with one attached hydrogen (secondary N) is 2. The fraction of sp³-hybridized carbons (Fsp3) is 0.500. The highest BCUT2D eigenvalue weighted by molar-refractivity contribution is 7.99. The third-order valence-corrected chi connectivity index (χ3v) is 4.76. The molecule has 0 saturated carbocycles. The van der Waals surface area contributed by atoms with E-state index in [9.17, 15) is 13.6 Å². The molecule has 0 radical (unpaired) electrons. The molecule has 0 spiro atoms. The van der Waals surface area contributed by atoms with E-state index in [1.54, 1.807) is 16.7 Å². The van der Waals surface area contributed by atoms with Gasteiger partial charge in [-0.3, -0.25) is 10.1 Å². The molecule has 0 aromatic heterocycles. The highest BCUT2D eigenvalue weighted by Gasteiger charge is 2.30. The van der Waals surface area contributed by atoms with Crippen LogP contribution in [-0.4, -0.2) is 42.7 Å². The van der Waals surface area contributed by atoms with Crippen molar-refractivity contribution in [3.8, 4) is 0 Å². The van der Waals surface area contributed by atoms with Gasteiger partial charge in [0.1, 0.15) is 17.3 Å². The Hall–Kier alpha value is -1.34. The van der Waals surface area contributed by atoms with E-state index in [2.05, 4.69) is 10.6 Å². The topological polar surface area (TPSA) is 44.4 Å². The number of anilines is 1. The van der Waals surface area contributed by atoms with Crippen molar-refractivity contribution in [1.29, 1.82) is 0 Å². The number of hydrogen-bond donors (Lipinski definition) is 2. The second-order valence-electron chi connectivity index (χ2n) is 5.28. The molecule has 1 aromatic carbocycles. The molecule has 4 nitrogen and oxygen atoms in total. The zero-order valence-electron chi connectivity index (χ0n) is 11.4. The second-order valence-corrected chi connectivity index (χ2v) is 6.31. The number of carbonyl (C=O) groups excluding carboxylic acids is 1. The summed E-state index contributed by atoms with van der Waals surface area (Å²) in [7, 11) is 0. The first-order chi connectivity index (χ1) is 10.1. The summed E-state index contributed by atoms with van der Waals surface area (Å²) >= 11 is 1.69. The van der Waals surface area contributed by atoms with Crippen molar-refractivity contribution < 1.29 is 13.6 Å². The Morgan fingerprint density at radius 1 is 1.38 bits per heavy atom. The Morgan fingerprint density at radius 2 is 2.14 bits per heavy atom. The van der Waals surface area contributed by atoms with Crippen LogP contribution in [0.2, 0.25) is 0 Å². The highest BCUT2D eigenvalue weighted by atomic mass is 32.2. The van der Waals surface area contributed by atoms with E-state index in [1.807, 2.05) is 0 Å². The molecule has 3 rings (SSSR count). The van der Waals surface area contributed by atoms with Gasteiger partial charge in [0.05, 0.1) is 6.04 Å². The van der Waals surface area contributed by atoms with Crippen molar-refractivity contribution in [1.82, 2.24) is 10.6 Å². The molecule has 7 heteroatoms. The van der Waals surface area contributed by atoms with Crippen LogP contribution in [0, 0.1) is 11.6 Å². The zero-order chi connectivity index (χ0) is 14.8. The van der Waals surface area contributed by atoms with Crippen molar-refractivity contribution in [2.45, 2.75) is 18.5 Å². The molecule has 2 unspecified atom stereocenters. The maximum atomic E-state index is 13.8. The summed E-state index contributed by atoms with van der Waals surface area (Å²) in [6.45, 7) is 0.971. The van der Waals surface area contributed by atoms with Gasteiger partial charge in [-0.25, -0.2) is 8.78 Å². The van der Waals surface area contributed by atoms with Crippen LogP contribution < -0.4 is 15.5 Å². The van der Waals surface area contributed by atoms with Crippen LogP contribution in [0.25, 0.3) is 0 Å². The number of para-hydroxylation sites is 1. The van der Waals surface area contributed by atoms with E-state index in [4.69, 9.17) is 0 Å². The minimum absolute atomic E-state index is 0.00351. The Labute approximate surface area is 126 Å². The molecule has 2 heterocycles. The van der Waals surface area contributed by atoms with E-state index in [-0.39, 0.29) is 23.7 Å². The van der Waals surface area contributed by atoms with Crippen LogP contribution in [0.1, 0.15) is 6.42 Å². The van der Waals surface area contributed by atoms with Crippen molar-refractivity contribution in [3.63, 3.8) is 0 Å². The number of rotatable bonds is 3. The van der Waals surface area contributed by atoms with Gasteiger partial charge in [0.25, 0.3) is 0 Å². The van der Waals surface area contributed by atoms with Gasteiger partial charge in [0, 0.05) is 30.8 Å². The predicted molar refractivity (Wildman–Crippen MR) is 79.4 cm³/mol. The van der Waals surface area contributed by atoms with Gasteiger partial charge < -0.3 is 10.2 Å². The lowest BCUT2D eigenvalue weighted by Crippen LogP contribution is -2.47. The first kappa shape index (κ1) is 14.6. The van der Waals surface area contributed by atoms with Crippen molar-refractivity contribution >= 4 is 23.4 Å². The lowest BCUT2D eigenvalue weighted by molar-refractivity contribution is -0.123. The lowest BCUT2D eigenvalue weighted by Gasteiger charge is -2.21. The van der Waals surface area contributed by atoms with Crippen LogP contribution >= 0.6 is 11.8 Å². The van der Waals surface area contributed by atoms with Gasteiger partial charge in [-0.15, -0.1) is 11.8 Å². The molecule has 2 N–H and O–H groups in total. The van der Waals surface area contributed by atoms with Crippen LogP contribution in [-0.2, 0) is 4.79 Å².